The lowest BCUT2D eigenvalue weighted by molar-refractivity contribution is 0.0520. The first kappa shape index (κ1) is 12.4. The van der Waals surface area contributed by atoms with Crippen molar-refractivity contribution in [2.45, 2.75) is 19.9 Å². The molecule has 0 saturated carbocycles. The zero-order valence-electron chi connectivity index (χ0n) is 10.5. The largest absolute Gasteiger partial charge is 0.461 e. The van der Waals surface area contributed by atoms with Crippen molar-refractivity contribution in [2.75, 3.05) is 6.61 Å². The summed E-state index contributed by atoms with van der Waals surface area (Å²) in [5, 5.41) is 0. The van der Waals surface area contributed by atoms with Crippen LogP contribution in [0.3, 0.4) is 0 Å². The molecule has 1 atom stereocenters. The topological polar surface area (TPSA) is 44.1 Å². The Morgan fingerprint density at radius 1 is 1.39 bits per heavy atom. The van der Waals surface area contributed by atoms with Gasteiger partial charge in [0.2, 0.25) is 0 Å². The highest BCUT2D eigenvalue weighted by Gasteiger charge is 2.13. The van der Waals surface area contributed by atoms with Crippen LogP contribution in [0.2, 0.25) is 0 Å². The van der Waals surface area contributed by atoms with E-state index in [2.05, 4.69) is 24.0 Å². The second-order valence-corrected chi connectivity index (χ2v) is 4.01. The molecule has 0 spiro atoms. The Morgan fingerprint density at radius 3 is 2.78 bits per heavy atom. The van der Waals surface area contributed by atoms with Crippen LogP contribution in [0.4, 0.5) is 0 Å². The van der Waals surface area contributed by atoms with Crippen molar-refractivity contribution in [1.29, 1.82) is 0 Å². The number of aromatic nitrogens is 2. The Kier molecular flexibility index (Phi) is 3.77. The van der Waals surface area contributed by atoms with Crippen LogP contribution in [-0.2, 0) is 4.74 Å². The molecule has 0 saturated heterocycles. The maximum atomic E-state index is 11.5. The maximum Gasteiger partial charge on any atom is 0.358 e. The molecule has 18 heavy (non-hydrogen) atoms. The number of carbonyl (C=O) groups is 1. The minimum Gasteiger partial charge on any atom is -0.461 e. The molecule has 0 aliphatic carbocycles. The van der Waals surface area contributed by atoms with Gasteiger partial charge in [-0.25, -0.2) is 9.78 Å². The summed E-state index contributed by atoms with van der Waals surface area (Å²) < 4.78 is 6.82. The van der Waals surface area contributed by atoms with Crippen LogP contribution in [0.1, 0.15) is 35.9 Å². The van der Waals surface area contributed by atoms with E-state index in [9.17, 15) is 4.79 Å². The lowest BCUT2D eigenvalue weighted by atomic mass is 10.1. The van der Waals surface area contributed by atoms with Crippen molar-refractivity contribution in [2.24, 2.45) is 0 Å². The third kappa shape index (κ3) is 2.59. The van der Waals surface area contributed by atoms with Gasteiger partial charge in [0.25, 0.3) is 0 Å². The number of hydrogen-bond acceptors (Lipinski definition) is 3. The molecule has 0 unspecified atom stereocenters. The van der Waals surface area contributed by atoms with Crippen molar-refractivity contribution < 1.29 is 9.53 Å². The third-order valence-corrected chi connectivity index (χ3v) is 2.82. The summed E-state index contributed by atoms with van der Waals surface area (Å²) >= 11 is 0. The Labute approximate surface area is 106 Å². The Hall–Kier alpha value is -2.10. The number of hydrogen-bond donors (Lipinski definition) is 0. The summed E-state index contributed by atoms with van der Waals surface area (Å²) in [6.45, 7) is 4.20. The molecule has 4 heteroatoms. The molecule has 1 aromatic carbocycles. The van der Waals surface area contributed by atoms with Crippen LogP contribution in [0.15, 0.2) is 42.9 Å². The molecule has 0 aliphatic heterocycles. The van der Waals surface area contributed by atoms with Crippen LogP contribution < -0.4 is 0 Å². The lowest BCUT2D eigenvalue weighted by Gasteiger charge is -2.12. The zero-order chi connectivity index (χ0) is 13.0. The average Bonchev–Trinajstić information content (AvgIpc) is 2.89. The van der Waals surface area contributed by atoms with Gasteiger partial charge >= 0.3 is 5.97 Å². The summed E-state index contributed by atoms with van der Waals surface area (Å²) in [4.78, 5) is 15.6. The zero-order valence-corrected chi connectivity index (χ0v) is 10.5. The fourth-order valence-corrected chi connectivity index (χ4v) is 1.76. The molecule has 1 aromatic heterocycles. The van der Waals surface area contributed by atoms with E-state index in [1.165, 1.54) is 5.56 Å². The number of imidazole rings is 1. The van der Waals surface area contributed by atoms with Crippen molar-refractivity contribution in [3.05, 3.63) is 54.1 Å². The molecule has 0 aliphatic rings. The highest BCUT2D eigenvalue weighted by atomic mass is 16.5. The first-order chi connectivity index (χ1) is 8.72. The predicted molar refractivity (Wildman–Crippen MR) is 68.4 cm³/mol. The Balaban J connectivity index is 2.17. The molecule has 0 bridgehead atoms. The minimum absolute atomic E-state index is 0.141. The highest BCUT2D eigenvalue weighted by Crippen LogP contribution is 2.17. The van der Waals surface area contributed by atoms with Gasteiger partial charge in [0.05, 0.1) is 19.0 Å². The molecule has 0 amide bonds. The molecule has 0 fully saturated rings. The third-order valence-electron chi connectivity index (χ3n) is 2.82. The second kappa shape index (κ2) is 5.49. The van der Waals surface area contributed by atoms with Gasteiger partial charge in [0.1, 0.15) is 0 Å². The summed E-state index contributed by atoms with van der Waals surface area (Å²) in [6.07, 6.45) is 3.37. The summed E-state index contributed by atoms with van der Waals surface area (Å²) in [5.74, 6) is -0.378. The molecular weight excluding hydrogens is 228 g/mol. The molecule has 0 radical (unpaired) electrons. The summed E-state index contributed by atoms with van der Waals surface area (Å²) in [6, 6.07) is 10.2. The molecule has 94 valence electrons. The van der Waals surface area contributed by atoms with Gasteiger partial charge in [-0.3, -0.25) is 0 Å². The normalized spacial score (nSPS) is 12.1. The fraction of sp³-hybridized carbons (Fsp3) is 0.286. The molecule has 4 nitrogen and oxygen atoms in total. The van der Waals surface area contributed by atoms with E-state index in [-0.39, 0.29) is 12.0 Å². The Bertz CT molecular complexity index is 520. The SMILES string of the molecule is CCOC(=O)c1cn([C@@H](C)c2ccccc2)cn1. The summed E-state index contributed by atoms with van der Waals surface area (Å²) in [7, 11) is 0. The monoisotopic (exact) mass is 244 g/mol. The smallest absolute Gasteiger partial charge is 0.358 e. The van der Waals surface area contributed by atoms with Gasteiger partial charge in [-0.1, -0.05) is 30.3 Å². The average molecular weight is 244 g/mol. The number of benzene rings is 1. The summed E-state index contributed by atoms with van der Waals surface area (Å²) in [5.41, 5.74) is 1.52. The maximum absolute atomic E-state index is 11.5. The number of ether oxygens (including phenoxy) is 1. The minimum atomic E-state index is -0.378. The van der Waals surface area contributed by atoms with Crippen molar-refractivity contribution in [3.63, 3.8) is 0 Å². The second-order valence-electron chi connectivity index (χ2n) is 4.01. The Morgan fingerprint density at radius 2 is 2.11 bits per heavy atom. The van der Waals surface area contributed by atoms with E-state index in [1.54, 1.807) is 19.4 Å². The van der Waals surface area contributed by atoms with Gasteiger partial charge < -0.3 is 9.30 Å². The van der Waals surface area contributed by atoms with Crippen LogP contribution in [-0.4, -0.2) is 22.1 Å². The number of esters is 1. The van der Waals surface area contributed by atoms with Crippen molar-refractivity contribution in [1.82, 2.24) is 9.55 Å². The molecular formula is C14H16N2O2. The standard InChI is InChI=1S/C14H16N2O2/c1-3-18-14(17)13-9-16(10-15-13)11(2)12-7-5-4-6-8-12/h4-11H,3H2,1-2H3/t11-/m0/s1. The van der Waals surface area contributed by atoms with Gasteiger partial charge in [-0.15, -0.1) is 0 Å². The number of nitrogens with zero attached hydrogens (tertiary/aromatic N) is 2. The number of carbonyl (C=O) groups excluding carboxylic acids is 1. The van der Waals surface area contributed by atoms with E-state index >= 15 is 0 Å². The van der Waals surface area contributed by atoms with E-state index < -0.39 is 0 Å². The van der Waals surface area contributed by atoms with Gasteiger partial charge in [-0.2, -0.15) is 0 Å². The molecule has 0 N–H and O–H groups in total. The van der Waals surface area contributed by atoms with E-state index in [0.717, 1.165) is 0 Å². The lowest BCUT2D eigenvalue weighted by Crippen LogP contribution is -2.06. The van der Waals surface area contributed by atoms with Crippen LogP contribution in [0.5, 0.6) is 0 Å². The first-order valence-electron chi connectivity index (χ1n) is 5.98. The van der Waals surface area contributed by atoms with E-state index in [0.29, 0.717) is 12.3 Å². The van der Waals surface area contributed by atoms with Gasteiger partial charge in [0, 0.05) is 6.20 Å². The van der Waals surface area contributed by atoms with Crippen LogP contribution in [0, 0.1) is 0 Å². The number of rotatable bonds is 4. The van der Waals surface area contributed by atoms with Gasteiger partial charge in [-0.05, 0) is 19.4 Å². The van der Waals surface area contributed by atoms with Crippen LogP contribution in [0.25, 0.3) is 0 Å². The van der Waals surface area contributed by atoms with Crippen molar-refractivity contribution in [3.8, 4) is 0 Å². The van der Waals surface area contributed by atoms with Crippen LogP contribution >= 0.6 is 0 Å². The van der Waals surface area contributed by atoms with Gasteiger partial charge in [0.15, 0.2) is 5.69 Å². The first-order valence-corrected chi connectivity index (χ1v) is 5.98. The highest BCUT2D eigenvalue weighted by molar-refractivity contribution is 5.86. The van der Waals surface area contributed by atoms with E-state index in [1.807, 2.05) is 22.8 Å². The molecule has 2 aromatic rings. The van der Waals surface area contributed by atoms with Crippen molar-refractivity contribution >= 4 is 5.97 Å². The van der Waals surface area contributed by atoms with E-state index in [4.69, 9.17) is 4.74 Å². The molecule has 2 rings (SSSR count). The molecule has 1 heterocycles. The quantitative estimate of drug-likeness (QED) is 0.777. The predicted octanol–water partition coefficient (Wildman–Crippen LogP) is 2.67. The fourth-order valence-electron chi connectivity index (χ4n) is 1.76.